The van der Waals surface area contributed by atoms with Crippen LogP contribution < -0.4 is 16.2 Å². The second kappa shape index (κ2) is 6.15. The van der Waals surface area contributed by atoms with E-state index in [0.29, 0.717) is 16.8 Å². The molecule has 4 N–H and O–H groups in total. The zero-order chi connectivity index (χ0) is 17.4. The zero-order valence-corrected chi connectivity index (χ0v) is 14.3. The Morgan fingerprint density at radius 1 is 1.26 bits per heavy atom. The van der Waals surface area contributed by atoms with Crippen molar-refractivity contribution < 1.29 is 18.4 Å². The molecule has 0 aliphatic carbocycles. The molecule has 1 aromatic rings. The fourth-order valence-corrected chi connectivity index (χ4v) is 2.29. The second-order valence-corrected chi connectivity index (χ2v) is 6.63. The minimum atomic E-state index is -0.618. The summed E-state index contributed by atoms with van der Waals surface area (Å²) in [6.07, 6.45) is 1.62. The van der Waals surface area contributed by atoms with Gasteiger partial charge in [-0.2, -0.15) is 0 Å². The first-order valence-corrected chi connectivity index (χ1v) is 7.50. The summed E-state index contributed by atoms with van der Waals surface area (Å²) in [4.78, 5) is 0. The molecule has 0 bridgehead atoms. The lowest BCUT2D eigenvalue weighted by Gasteiger charge is -2.32. The molecule has 0 unspecified atom stereocenters. The Kier molecular flexibility index (Phi) is 4.75. The molecular weight excluding hydrogens is 298 g/mol. The average Bonchev–Trinajstić information content (AvgIpc) is 2.66. The van der Waals surface area contributed by atoms with Crippen molar-refractivity contribution in [2.45, 2.75) is 38.9 Å². The second-order valence-electron chi connectivity index (χ2n) is 6.63. The van der Waals surface area contributed by atoms with Crippen LogP contribution in [0.4, 0.5) is 10.1 Å². The van der Waals surface area contributed by atoms with Gasteiger partial charge in [0.25, 0.3) is 0 Å². The van der Waals surface area contributed by atoms with E-state index in [9.17, 15) is 4.39 Å². The molecule has 126 valence electrons. The van der Waals surface area contributed by atoms with E-state index in [4.69, 9.17) is 25.5 Å². The van der Waals surface area contributed by atoms with Crippen LogP contribution in [0, 0.1) is 5.82 Å². The van der Waals surface area contributed by atoms with Crippen LogP contribution in [0.15, 0.2) is 17.6 Å². The van der Waals surface area contributed by atoms with Gasteiger partial charge in [0.05, 0.1) is 24.0 Å². The first-order valence-electron chi connectivity index (χ1n) is 7.50. The number of nitrogens with two attached hydrogens (primary N) is 2. The van der Waals surface area contributed by atoms with Gasteiger partial charge in [-0.25, -0.2) is 4.39 Å². The zero-order valence-electron chi connectivity index (χ0n) is 14.3. The summed E-state index contributed by atoms with van der Waals surface area (Å²) >= 11 is 0. The summed E-state index contributed by atoms with van der Waals surface area (Å²) in [5.41, 5.74) is 11.8. The maximum absolute atomic E-state index is 14.2. The summed E-state index contributed by atoms with van der Waals surface area (Å²) in [7, 11) is 0.864. The van der Waals surface area contributed by atoms with E-state index in [1.165, 1.54) is 19.2 Å². The minimum Gasteiger partial charge on any atom is -0.495 e. The normalized spacial score (nSPS) is 20.0. The van der Waals surface area contributed by atoms with Crippen LogP contribution in [0.5, 0.6) is 5.75 Å². The Morgan fingerprint density at radius 2 is 1.83 bits per heavy atom. The van der Waals surface area contributed by atoms with Gasteiger partial charge in [0.15, 0.2) is 0 Å². The van der Waals surface area contributed by atoms with E-state index >= 15 is 0 Å². The number of hydrogen-bond acceptors (Lipinski definition) is 5. The van der Waals surface area contributed by atoms with E-state index in [1.807, 2.05) is 27.7 Å². The number of rotatable bonds is 4. The lowest BCUT2D eigenvalue weighted by Crippen LogP contribution is -2.41. The van der Waals surface area contributed by atoms with Gasteiger partial charge in [0, 0.05) is 18.2 Å². The monoisotopic (exact) mass is 322 g/mol. The number of nitrogen functional groups attached to an aromatic ring is 1. The molecule has 0 atom stereocenters. The van der Waals surface area contributed by atoms with Gasteiger partial charge in [-0.15, -0.1) is 0 Å². The summed E-state index contributed by atoms with van der Waals surface area (Å²) in [6.45, 7) is 7.99. The van der Waals surface area contributed by atoms with Gasteiger partial charge < -0.3 is 25.5 Å². The van der Waals surface area contributed by atoms with Crippen molar-refractivity contribution in [3.8, 4) is 5.75 Å². The Bertz CT molecular complexity index is 616. The van der Waals surface area contributed by atoms with Crippen molar-refractivity contribution in [1.29, 1.82) is 0 Å². The van der Waals surface area contributed by atoms with Crippen molar-refractivity contribution in [3.63, 3.8) is 0 Å². The van der Waals surface area contributed by atoms with Crippen LogP contribution in [0.3, 0.4) is 0 Å². The van der Waals surface area contributed by atoms with E-state index < -0.39 is 24.1 Å². The fraction of sp³-hybridized carbons (Fsp3) is 0.500. The van der Waals surface area contributed by atoms with Crippen LogP contribution in [0.25, 0.3) is 6.08 Å². The molecule has 0 radical (unpaired) electrons. The molecule has 0 aromatic heterocycles. The summed E-state index contributed by atoms with van der Waals surface area (Å²) in [5, 5.41) is 0. The van der Waals surface area contributed by atoms with Crippen LogP contribution in [-0.2, 0) is 9.31 Å². The Morgan fingerprint density at radius 3 is 2.30 bits per heavy atom. The summed E-state index contributed by atoms with van der Waals surface area (Å²) in [6, 6.07) is 2.76. The minimum absolute atomic E-state index is 0.183. The van der Waals surface area contributed by atoms with Gasteiger partial charge in [0.1, 0.15) is 11.6 Å². The van der Waals surface area contributed by atoms with Gasteiger partial charge in [-0.3, -0.25) is 0 Å². The molecule has 1 aliphatic rings. The molecule has 0 amide bonds. The molecule has 5 nitrogen and oxygen atoms in total. The SMILES string of the molecule is COc1cc(C=C(CN)B2OC(C)(C)C(C)(C)O2)c(F)cc1N. The van der Waals surface area contributed by atoms with Crippen LogP contribution >= 0.6 is 0 Å². The Hall–Kier alpha value is -1.57. The highest BCUT2D eigenvalue weighted by Gasteiger charge is 2.52. The molecule has 2 rings (SSSR count). The van der Waals surface area contributed by atoms with Crippen molar-refractivity contribution in [2.24, 2.45) is 5.73 Å². The number of ether oxygens (including phenoxy) is 1. The highest BCUT2D eigenvalue weighted by atomic mass is 19.1. The highest BCUT2D eigenvalue weighted by molar-refractivity contribution is 6.55. The van der Waals surface area contributed by atoms with Crippen molar-refractivity contribution >= 4 is 18.9 Å². The molecule has 23 heavy (non-hydrogen) atoms. The van der Waals surface area contributed by atoms with Gasteiger partial charge >= 0.3 is 7.12 Å². The van der Waals surface area contributed by atoms with Crippen LogP contribution in [-0.4, -0.2) is 32.0 Å². The van der Waals surface area contributed by atoms with E-state index in [2.05, 4.69) is 0 Å². The highest BCUT2D eigenvalue weighted by Crippen LogP contribution is 2.39. The largest absolute Gasteiger partial charge is 0.495 e. The lowest BCUT2D eigenvalue weighted by atomic mass is 9.77. The van der Waals surface area contributed by atoms with Crippen LogP contribution in [0.2, 0.25) is 0 Å². The smallest absolute Gasteiger partial charge is 0.491 e. The third-order valence-corrected chi connectivity index (χ3v) is 4.48. The molecule has 0 saturated carbocycles. The van der Waals surface area contributed by atoms with Crippen LogP contribution in [0.1, 0.15) is 33.3 Å². The maximum atomic E-state index is 14.2. The molecule has 1 aromatic carbocycles. The molecule has 7 heteroatoms. The first kappa shape index (κ1) is 17.8. The number of halogens is 1. The van der Waals surface area contributed by atoms with E-state index in [0.717, 1.165) is 0 Å². The number of hydrogen-bond donors (Lipinski definition) is 2. The summed E-state index contributed by atoms with van der Waals surface area (Å²) in [5.74, 6) is -0.0475. The maximum Gasteiger partial charge on any atom is 0.491 e. The van der Waals surface area contributed by atoms with Crippen molar-refractivity contribution in [1.82, 2.24) is 0 Å². The molecular formula is C16H24BFN2O3. The van der Waals surface area contributed by atoms with Gasteiger partial charge in [-0.1, -0.05) is 6.08 Å². The molecule has 0 spiro atoms. The third kappa shape index (κ3) is 3.36. The topological polar surface area (TPSA) is 79.7 Å². The Labute approximate surface area is 136 Å². The van der Waals surface area contributed by atoms with Crippen molar-refractivity contribution in [3.05, 3.63) is 29.0 Å². The van der Waals surface area contributed by atoms with Crippen molar-refractivity contribution in [2.75, 3.05) is 19.4 Å². The predicted octanol–water partition coefficient (Wildman–Crippen LogP) is 2.39. The summed E-state index contributed by atoms with van der Waals surface area (Å²) < 4.78 is 31.2. The van der Waals surface area contributed by atoms with Gasteiger partial charge in [-0.05, 0) is 39.2 Å². The number of benzene rings is 1. The molecule has 1 fully saturated rings. The lowest BCUT2D eigenvalue weighted by molar-refractivity contribution is 0.00578. The van der Waals surface area contributed by atoms with E-state index in [1.54, 1.807) is 6.08 Å². The fourth-order valence-electron chi connectivity index (χ4n) is 2.29. The number of anilines is 1. The predicted molar refractivity (Wildman–Crippen MR) is 90.5 cm³/mol. The molecule has 1 aliphatic heterocycles. The third-order valence-electron chi connectivity index (χ3n) is 4.48. The number of methoxy groups -OCH3 is 1. The molecule has 1 saturated heterocycles. The molecule has 1 heterocycles. The average molecular weight is 322 g/mol. The Balaban J connectivity index is 2.37. The standard InChI is InChI=1S/C16H24BFN2O3/c1-15(2)16(3,4)23-17(22-15)11(9-19)6-10-7-14(21-5)13(20)8-12(10)18/h6-8H,9,19-20H2,1-5H3. The van der Waals surface area contributed by atoms with Gasteiger partial charge in [0.2, 0.25) is 0 Å². The van der Waals surface area contributed by atoms with E-state index in [-0.39, 0.29) is 12.2 Å². The first-order chi connectivity index (χ1) is 10.6. The quantitative estimate of drug-likeness (QED) is 0.657.